The van der Waals surface area contributed by atoms with Gasteiger partial charge in [0.05, 0.1) is 17.3 Å². The summed E-state index contributed by atoms with van der Waals surface area (Å²) in [6.07, 6.45) is 0. The molecule has 0 atom stereocenters. The zero-order valence-electron chi connectivity index (χ0n) is 10.9. The van der Waals surface area contributed by atoms with Crippen molar-refractivity contribution in [1.82, 2.24) is 20.2 Å². The Morgan fingerprint density at radius 2 is 1.70 bits per heavy atom. The molecule has 0 fully saturated rings. The molecule has 0 aliphatic carbocycles. The maximum atomic E-state index is 8.82. The highest BCUT2D eigenvalue weighted by atomic mass is 15.5. The molecule has 0 aliphatic heterocycles. The number of benzene rings is 2. The number of hydrogen-bond donors (Lipinski definition) is 0. The summed E-state index contributed by atoms with van der Waals surface area (Å²) in [4.78, 5) is 0. The summed E-state index contributed by atoms with van der Waals surface area (Å²) in [7, 11) is 0. The summed E-state index contributed by atoms with van der Waals surface area (Å²) >= 11 is 0. The number of aromatic nitrogens is 4. The van der Waals surface area contributed by atoms with Crippen LogP contribution >= 0.6 is 0 Å². The van der Waals surface area contributed by atoms with Crippen molar-refractivity contribution >= 4 is 0 Å². The zero-order valence-corrected chi connectivity index (χ0v) is 10.9. The average molecular weight is 261 g/mol. The van der Waals surface area contributed by atoms with E-state index in [4.69, 9.17) is 5.26 Å². The van der Waals surface area contributed by atoms with Crippen LogP contribution in [0.2, 0.25) is 0 Å². The van der Waals surface area contributed by atoms with Gasteiger partial charge in [0, 0.05) is 5.56 Å². The molecule has 0 bridgehead atoms. The number of tetrazole rings is 1. The normalized spacial score (nSPS) is 10.2. The predicted molar refractivity (Wildman–Crippen MR) is 74.0 cm³/mol. The highest BCUT2D eigenvalue weighted by Gasteiger charge is 2.10. The first-order chi connectivity index (χ1) is 9.78. The Morgan fingerprint density at radius 3 is 2.35 bits per heavy atom. The summed E-state index contributed by atoms with van der Waals surface area (Å²) in [5.74, 6) is 0.651. The second kappa shape index (κ2) is 4.94. The van der Waals surface area contributed by atoms with Crippen LogP contribution in [0.1, 0.15) is 11.1 Å². The molecule has 20 heavy (non-hydrogen) atoms. The SMILES string of the molecule is Cc1ccc(-n2nnnc2-c2ccc(C#N)cc2)cc1. The first kappa shape index (κ1) is 12.1. The highest BCUT2D eigenvalue weighted by Crippen LogP contribution is 2.19. The summed E-state index contributed by atoms with van der Waals surface area (Å²) in [6.45, 7) is 2.03. The lowest BCUT2D eigenvalue weighted by Crippen LogP contribution is -1.99. The molecule has 0 amide bonds. The minimum absolute atomic E-state index is 0.614. The van der Waals surface area contributed by atoms with Crippen molar-refractivity contribution in [2.24, 2.45) is 0 Å². The first-order valence-electron chi connectivity index (χ1n) is 6.14. The van der Waals surface area contributed by atoms with E-state index in [1.807, 2.05) is 43.3 Å². The van der Waals surface area contributed by atoms with Gasteiger partial charge in [-0.25, -0.2) is 0 Å². The Bertz CT molecular complexity index is 763. The van der Waals surface area contributed by atoms with Crippen molar-refractivity contribution in [3.8, 4) is 23.1 Å². The van der Waals surface area contributed by atoms with Crippen LogP contribution in [0, 0.1) is 18.3 Å². The van der Waals surface area contributed by atoms with Crippen LogP contribution in [0.25, 0.3) is 17.1 Å². The van der Waals surface area contributed by atoms with Crippen LogP contribution in [0.5, 0.6) is 0 Å². The molecule has 3 rings (SSSR count). The Morgan fingerprint density at radius 1 is 1.00 bits per heavy atom. The van der Waals surface area contributed by atoms with E-state index < -0.39 is 0 Å². The van der Waals surface area contributed by atoms with Gasteiger partial charge in [-0.1, -0.05) is 17.7 Å². The van der Waals surface area contributed by atoms with Gasteiger partial charge in [-0.05, 0) is 53.7 Å². The number of nitriles is 1. The van der Waals surface area contributed by atoms with Gasteiger partial charge < -0.3 is 0 Å². The lowest BCUT2D eigenvalue weighted by Gasteiger charge is -2.05. The molecule has 5 nitrogen and oxygen atoms in total. The van der Waals surface area contributed by atoms with E-state index in [1.54, 1.807) is 16.8 Å². The molecule has 0 aliphatic rings. The van der Waals surface area contributed by atoms with Crippen LogP contribution in [0.15, 0.2) is 48.5 Å². The molecule has 1 heterocycles. The molecular weight excluding hydrogens is 250 g/mol. The fourth-order valence-corrected chi connectivity index (χ4v) is 1.92. The van der Waals surface area contributed by atoms with Crippen molar-refractivity contribution < 1.29 is 0 Å². The summed E-state index contributed by atoms with van der Waals surface area (Å²) in [5.41, 5.74) is 3.57. The van der Waals surface area contributed by atoms with E-state index >= 15 is 0 Å². The Kier molecular flexibility index (Phi) is 2.98. The molecule has 96 valence electrons. The number of aryl methyl sites for hydroxylation is 1. The third-order valence-electron chi connectivity index (χ3n) is 3.02. The monoisotopic (exact) mass is 261 g/mol. The molecular formula is C15H11N5. The second-order valence-electron chi connectivity index (χ2n) is 4.44. The summed E-state index contributed by atoms with van der Waals surface area (Å²) in [5, 5.41) is 20.6. The summed E-state index contributed by atoms with van der Waals surface area (Å²) < 4.78 is 1.68. The Hall–Kier alpha value is -3.00. The maximum Gasteiger partial charge on any atom is 0.187 e. The smallest absolute Gasteiger partial charge is 0.187 e. The molecule has 3 aromatic rings. The lowest BCUT2D eigenvalue weighted by atomic mass is 10.1. The fraction of sp³-hybridized carbons (Fsp3) is 0.0667. The van der Waals surface area contributed by atoms with Crippen LogP contribution in [-0.4, -0.2) is 20.2 Å². The standard InChI is InChI=1S/C15H11N5/c1-11-2-8-14(9-3-11)20-15(17-18-19-20)13-6-4-12(10-16)5-7-13/h2-9H,1H3. The minimum atomic E-state index is 0.614. The topological polar surface area (TPSA) is 67.4 Å². The van der Waals surface area contributed by atoms with Crippen LogP contribution in [0.3, 0.4) is 0 Å². The third kappa shape index (κ3) is 2.15. The molecule has 1 aromatic heterocycles. The molecule has 0 saturated heterocycles. The largest absolute Gasteiger partial charge is 0.193 e. The highest BCUT2D eigenvalue weighted by molar-refractivity contribution is 5.58. The van der Waals surface area contributed by atoms with Gasteiger partial charge in [0.2, 0.25) is 0 Å². The molecule has 0 unspecified atom stereocenters. The van der Waals surface area contributed by atoms with Gasteiger partial charge >= 0.3 is 0 Å². The molecule has 0 spiro atoms. The van der Waals surface area contributed by atoms with E-state index in [0.29, 0.717) is 11.4 Å². The average Bonchev–Trinajstić information content (AvgIpc) is 2.97. The van der Waals surface area contributed by atoms with Gasteiger partial charge in [0.1, 0.15) is 0 Å². The lowest BCUT2D eigenvalue weighted by molar-refractivity contribution is 0.791. The summed E-state index contributed by atoms with van der Waals surface area (Å²) in [6, 6.07) is 17.3. The fourth-order valence-electron chi connectivity index (χ4n) is 1.92. The van der Waals surface area contributed by atoms with Gasteiger partial charge in [0.25, 0.3) is 0 Å². The second-order valence-corrected chi connectivity index (χ2v) is 4.44. The third-order valence-corrected chi connectivity index (χ3v) is 3.02. The van der Waals surface area contributed by atoms with Crippen molar-refractivity contribution in [3.05, 3.63) is 59.7 Å². The molecule has 0 saturated carbocycles. The van der Waals surface area contributed by atoms with Crippen molar-refractivity contribution in [3.63, 3.8) is 0 Å². The number of rotatable bonds is 2. The molecule has 2 aromatic carbocycles. The van der Waals surface area contributed by atoms with Crippen LogP contribution in [0.4, 0.5) is 0 Å². The number of nitrogens with zero attached hydrogens (tertiary/aromatic N) is 5. The van der Waals surface area contributed by atoms with Gasteiger partial charge in [0.15, 0.2) is 5.82 Å². The predicted octanol–water partition coefficient (Wildman–Crippen LogP) is 2.51. The van der Waals surface area contributed by atoms with Gasteiger partial charge in [-0.2, -0.15) is 9.94 Å². The van der Waals surface area contributed by atoms with Crippen molar-refractivity contribution in [1.29, 1.82) is 5.26 Å². The van der Waals surface area contributed by atoms with Gasteiger partial charge in [-0.15, -0.1) is 5.10 Å². The van der Waals surface area contributed by atoms with Gasteiger partial charge in [-0.3, -0.25) is 0 Å². The number of hydrogen-bond acceptors (Lipinski definition) is 4. The maximum absolute atomic E-state index is 8.82. The quantitative estimate of drug-likeness (QED) is 0.710. The van der Waals surface area contributed by atoms with E-state index in [1.165, 1.54) is 5.56 Å². The van der Waals surface area contributed by atoms with Crippen LogP contribution < -0.4 is 0 Å². The van der Waals surface area contributed by atoms with Crippen LogP contribution in [-0.2, 0) is 0 Å². The molecule has 5 heteroatoms. The van der Waals surface area contributed by atoms with E-state index in [0.717, 1.165) is 11.3 Å². The van der Waals surface area contributed by atoms with E-state index in [9.17, 15) is 0 Å². The first-order valence-corrected chi connectivity index (χ1v) is 6.14. The minimum Gasteiger partial charge on any atom is -0.193 e. The molecule has 0 radical (unpaired) electrons. The van der Waals surface area contributed by atoms with E-state index in [-0.39, 0.29) is 0 Å². The van der Waals surface area contributed by atoms with E-state index in [2.05, 4.69) is 21.6 Å². The van der Waals surface area contributed by atoms with Crippen molar-refractivity contribution in [2.75, 3.05) is 0 Å². The Balaban J connectivity index is 2.05. The Labute approximate surface area is 116 Å². The van der Waals surface area contributed by atoms with Crippen molar-refractivity contribution in [2.45, 2.75) is 6.92 Å². The molecule has 0 N–H and O–H groups in total. The zero-order chi connectivity index (χ0) is 13.9.